The van der Waals surface area contributed by atoms with E-state index in [1.165, 1.54) is 0 Å². The van der Waals surface area contributed by atoms with Crippen LogP contribution in [0.25, 0.3) is 0 Å². The fraction of sp³-hybridized carbons (Fsp3) is 0.632. The molecule has 6 heteroatoms. The van der Waals surface area contributed by atoms with E-state index in [0.717, 1.165) is 24.3 Å². The van der Waals surface area contributed by atoms with Crippen molar-refractivity contribution < 1.29 is 14.6 Å². The van der Waals surface area contributed by atoms with E-state index in [1.54, 1.807) is 11.0 Å². The number of piperazine rings is 1. The van der Waals surface area contributed by atoms with Gasteiger partial charge >= 0.3 is 6.09 Å². The molecule has 1 aromatic carbocycles. The van der Waals surface area contributed by atoms with Crippen molar-refractivity contribution in [1.82, 2.24) is 10.2 Å². The van der Waals surface area contributed by atoms with Crippen LogP contribution in [0.1, 0.15) is 46.2 Å². The Morgan fingerprint density at radius 1 is 1.36 bits per heavy atom. The molecule has 1 aromatic rings. The van der Waals surface area contributed by atoms with Crippen LogP contribution >= 0.6 is 0 Å². The molecule has 140 valence electrons. The van der Waals surface area contributed by atoms with E-state index >= 15 is 0 Å². The van der Waals surface area contributed by atoms with Gasteiger partial charge in [-0.05, 0) is 40.7 Å². The van der Waals surface area contributed by atoms with E-state index in [4.69, 9.17) is 4.74 Å². The Morgan fingerprint density at radius 2 is 2.04 bits per heavy atom. The molecule has 1 aliphatic heterocycles. The average molecular weight is 349 g/mol. The first-order valence-electron chi connectivity index (χ1n) is 9.05. The third-order valence-electron chi connectivity index (χ3n) is 4.37. The van der Waals surface area contributed by atoms with Gasteiger partial charge in [0, 0.05) is 50.0 Å². The molecule has 1 saturated heterocycles. The summed E-state index contributed by atoms with van der Waals surface area (Å²) in [5, 5.41) is 13.9. The molecule has 1 aliphatic rings. The second kappa shape index (κ2) is 7.95. The number of ether oxygens (including phenoxy) is 1. The summed E-state index contributed by atoms with van der Waals surface area (Å²) < 4.78 is 5.53. The van der Waals surface area contributed by atoms with Crippen LogP contribution in [-0.2, 0) is 4.74 Å². The number of phenols is 1. The molecule has 0 bridgehead atoms. The molecule has 1 heterocycles. The number of amides is 1. The van der Waals surface area contributed by atoms with E-state index in [2.05, 4.69) is 24.1 Å². The monoisotopic (exact) mass is 349 g/mol. The van der Waals surface area contributed by atoms with Crippen molar-refractivity contribution in [2.75, 3.05) is 37.6 Å². The third-order valence-corrected chi connectivity index (χ3v) is 4.37. The quantitative estimate of drug-likeness (QED) is 0.874. The molecule has 0 spiro atoms. The van der Waals surface area contributed by atoms with Gasteiger partial charge in [-0.2, -0.15) is 0 Å². The Labute approximate surface area is 150 Å². The zero-order valence-corrected chi connectivity index (χ0v) is 16.0. The number of benzene rings is 1. The predicted molar refractivity (Wildman–Crippen MR) is 100 cm³/mol. The second-order valence-corrected chi connectivity index (χ2v) is 7.31. The Kier molecular flexibility index (Phi) is 6.16. The molecule has 0 aliphatic carbocycles. The van der Waals surface area contributed by atoms with Crippen LogP contribution in [0.2, 0.25) is 0 Å². The topological polar surface area (TPSA) is 65.0 Å². The van der Waals surface area contributed by atoms with Gasteiger partial charge < -0.3 is 20.1 Å². The normalized spacial score (nSPS) is 18.1. The van der Waals surface area contributed by atoms with Gasteiger partial charge in [0.15, 0.2) is 0 Å². The zero-order valence-electron chi connectivity index (χ0n) is 16.0. The number of rotatable bonds is 4. The summed E-state index contributed by atoms with van der Waals surface area (Å²) in [6.45, 7) is 13.4. The first-order valence-corrected chi connectivity index (χ1v) is 9.05. The number of hydrogen-bond acceptors (Lipinski definition) is 5. The van der Waals surface area contributed by atoms with Crippen LogP contribution in [0.3, 0.4) is 0 Å². The van der Waals surface area contributed by atoms with Crippen molar-refractivity contribution in [2.24, 2.45) is 0 Å². The lowest BCUT2D eigenvalue weighted by molar-refractivity contribution is 0.0116. The number of aromatic hydroxyl groups is 1. The first-order chi connectivity index (χ1) is 11.8. The highest BCUT2D eigenvalue weighted by Gasteiger charge is 2.32. The lowest BCUT2D eigenvalue weighted by Gasteiger charge is -2.37. The molecule has 1 fully saturated rings. The molecule has 2 rings (SSSR count). The minimum absolute atomic E-state index is 0.214. The summed E-state index contributed by atoms with van der Waals surface area (Å²) in [4.78, 5) is 16.4. The van der Waals surface area contributed by atoms with Gasteiger partial charge in [-0.3, -0.25) is 4.90 Å². The number of hydrogen-bond donors (Lipinski definition) is 2. The molecule has 6 nitrogen and oxygen atoms in total. The van der Waals surface area contributed by atoms with Crippen molar-refractivity contribution in [3.05, 3.63) is 23.8 Å². The fourth-order valence-corrected chi connectivity index (χ4v) is 3.12. The maximum Gasteiger partial charge on any atom is 0.410 e. The van der Waals surface area contributed by atoms with Gasteiger partial charge in [0.25, 0.3) is 0 Å². The van der Waals surface area contributed by atoms with Gasteiger partial charge in [-0.25, -0.2) is 4.79 Å². The molecule has 1 unspecified atom stereocenters. The molecule has 1 amide bonds. The Morgan fingerprint density at radius 3 is 2.60 bits per heavy atom. The molecule has 1 atom stereocenters. The van der Waals surface area contributed by atoms with Gasteiger partial charge in [0.2, 0.25) is 0 Å². The van der Waals surface area contributed by atoms with Crippen LogP contribution in [0, 0.1) is 0 Å². The van der Waals surface area contributed by atoms with Crippen LogP contribution in [0.5, 0.6) is 5.75 Å². The summed E-state index contributed by atoms with van der Waals surface area (Å²) >= 11 is 0. The van der Waals surface area contributed by atoms with Gasteiger partial charge in [0.1, 0.15) is 11.4 Å². The highest BCUT2D eigenvalue weighted by molar-refractivity contribution is 5.69. The van der Waals surface area contributed by atoms with Gasteiger partial charge in [0.05, 0.1) is 6.04 Å². The predicted octanol–water partition coefficient (Wildman–Crippen LogP) is 3.12. The summed E-state index contributed by atoms with van der Waals surface area (Å²) in [6, 6.07) is 5.46. The number of nitrogens with one attached hydrogen (secondary N) is 1. The van der Waals surface area contributed by atoms with Crippen LogP contribution in [0.15, 0.2) is 18.2 Å². The summed E-state index contributed by atoms with van der Waals surface area (Å²) in [6.07, 6.45) is -0.341. The standard InChI is InChI=1S/C19H31N3O3/c1-6-21(7-2)14-8-9-15(17(23)12-14)16-13-20-10-11-22(16)18(24)25-19(3,4)5/h8-9,12,16,20,23H,6-7,10-11,13H2,1-5H3. The summed E-state index contributed by atoms with van der Waals surface area (Å²) in [5.41, 5.74) is 1.19. The highest BCUT2D eigenvalue weighted by atomic mass is 16.6. The largest absolute Gasteiger partial charge is 0.508 e. The zero-order chi connectivity index (χ0) is 18.6. The number of carbonyl (C=O) groups excluding carboxylic acids is 1. The van der Waals surface area contributed by atoms with Crippen molar-refractivity contribution in [1.29, 1.82) is 0 Å². The molecule has 0 aromatic heterocycles. The van der Waals surface area contributed by atoms with E-state index in [9.17, 15) is 9.90 Å². The molecule has 2 N–H and O–H groups in total. The summed E-state index contributed by atoms with van der Waals surface area (Å²) in [5.74, 6) is 0.214. The van der Waals surface area contributed by atoms with Crippen LogP contribution in [0.4, 0.5) is 10.5 Å². The maximum absolute atomic E-state index is 12.6. The Hall–Kier alpha value is -1.95. The summed E-state index contributed by atoms with van der Waals surface area (Å²) in [7, 11) is 0. The second-order valence-electron chi connectivity index (χ2n) is 7.31. The molecular weight excluding hydrogens is 318 g/mol. The number of phenolic OH excluding ortho intramolecular Hbond substituents is 1. The van der Waals surface area contributed by atoms with Gasteiger partial charge in [-0.15, -0.1) is 0 Å². The molecule has 0 radical (unpaired) electrons. The third kappa shape index (κ3) is 4.78. The minimum Gasteiger partial charge on any atom is -0.508 e. The van der Waals surface area contributed by atoms with Crippen LogP contribution in [-0.4, -0.2) is 54.4 Å². The van der Waals surface area contributed by atoms with Gasteiger partial charge in [-0.1, -0.05) is 6.07 Å². The maximum atomic E-state index is 12.6. The van der Waals surface area contributed by atoms with Crippen molar-refractivity contribution in [3.63, 3.8) is 0 Å². The molecule has 25 heavy (non-hydrogen) atoms. The minimum atomic E-state index is -0.541. The lowest BCUT2D eigenvalue weighted by Crippen LogP contribution is -2.50. The van der Waals surface area contributed by atoms with E-state index in [0.29, 0.717) is 19.6 Å². The first kappa shape index (κ1) is 19.4. The lowest BCUT2D eigenvalue weighted by atomic mass is 10.0. The Bertz CT molecular complexity index is 594. The van der Waals surface area contributed by atoms with E-state index < -0.39 is 5.60 Å². The fourth-order valence-electron chi connectivity index (χ4n) is 3.12. The highest BCUT2D eigenvalue weighted by Crippen LogP contribution is 2.33. The molecular formula is C19H31N3O3. The number of anilines is 1. The van der Waals surface area contributed by atoms with E-state index in [-0.39, 0.29) is 17.9 Å². The van der Waals surface area contributed by atoms with E-state index in [1.807, 2.05) is 32.9 Å². The average Bonchev–Trinajstić information content (AvgIpc) is 2.54. The number of nitrogens with zero attached hydrogens (tertiary/aromatic N) is 2. The van der Waals surface area contributed by atoms with Crippen molar-refractivity contribution in [3.8, 4) is 5.75 Å². The smallest absolute Gasteiger partial charge is 0.410 e. The van der Waals surface area contributed by atoms with Crippen molar-refractivity contribution in [2.45, 2.75) is 46.3 Å². The van der Waals surface area contributed by atoms with Crippen molar-refractivity contribution >= 4 is 11.8 Å². The van der Waals surface area contributed by atoms with Crippen LogP contribution < -0.4 is 10.2 Å². The SMILES string of the molecule is CCN(CC)c1ccc(C2CNCCN2C(=O)OC(C)(C)C)c(O)c1. The molecule has 0 saturated carbocycles. The Balaban J connectivity index is 2.26. The number of carbonyl (C=O) groups is 1.